The second-order valence-corrected chi connectivity index (χ2v) is 28.4. The molecule has 6 heteroatoms. The Hall–Kier alpha value is -14.0. The van der Waals surface area contributed by atoms with Gasteiger partial charge < -0.3 is 14.8 Å². The van der Waals surface area contributed by atoms with Crippen molar-refractivity contribution in [1.82, 2.24) is 4.98 Å². The smallest absolute Gasteiger partial charge is 0.192 e. The van der Waals surface area contributed by atoms with Crippen LogP contribution in [-0.4, -0.2) is 4.98 Å². The maximum absolute atomic E-state index is 5.75. The summed E-state index contributed by atoms with van der Waals surface area (Å²) in [6.45, 7) is 2.06. The summed E-state index contributed by atoms with van der Waals surface area (Å²) in [6, 6.07) is 164. The standard InChI is InChI=1S/C54H36.C44H32N2.C12H10N.Ir.H2NP/c1-7-19-37(20-8-1)43-31-49-50(32-44(43)38-21-9-2-10-22-38)52-34-46(40-25-13-4-14-26-40)48(42-29-17-6-18-30-42)36-54(52)53-35-47(41-27-15-5-16-28-41)45(33-51(49)53)39-23-11-3-12-24-39;1-3-17-37(18-4-1)45(43-23-11-15-35-13-7-9-21-41(35)43)39-29-25-33(26-30-39)34-27-31-40(32-28-34)46(38-19-5-2-6-20-38)44-24-12-16-36-14-8-10-22-42(36)44;1-10-6-5-9-13-12(10)11-7-3-2-4-8-11;;1-2/h1-36H;1-32H;2-7,9H,1H3;;1-2H/q;;-1;;/i/hD. The minimum absolute atomic E-state index is 0. The third kappa shape index (κ3) is 16.1. The fraction of sp³-hybridized carbons (Fsp3) is 0.00909. The molecule has 1 radical (unpaired) electrons. The van der Waals surface area contributed by atoms with Crippen LogP contribution < -0.4 is 9.80 Å². The van der Waals surface area contributed by atoms with Crippen molar-refractivity contribution in [3.05, 3.63) is 467 Å². The second-order valence-electron chi connectivity index (χ2n) is 28.4. The number of para-hydroxylation sites is 2. The van der Waals surface area contributed by atoms with Gasteiger partial charge in [0.1, 0.15) is 0 Å². The first-order valence-electron chi connectivity index (χ1n) is 39.3. The summed E-state index contributed by atoms with van der Waals surface area (Å²) >= 11 is 0. The fourth-order valence-electron chi connectivity index (χ4n) is 16.0. The number of anilines is 6. The van der Waals surface area contributed by atoms with E-state index in [2.05, 4.69) is 461 Å². The Morgan fingerprint density at radius 1 is 0.267 bits per heavy atom. The average molecular weight is 1680 g/mol. The number of aryl methyl sites for hydroxylation is 1. The molecule has 1 N–H and O–H groups in total. The summed E-state index contributed by atoms with van der Waals surface area (Å²) < 4.78 is 5.75. The van der Waals surface area contributed by atoms with Crippen molar-refractivity contribution < 1.29 is 21.5 Å². The van der Waals surface area contributed by atoms with Gasteiger partial charge in [0.2, 0.25) is 0 Å². The number of rotatable bonds is 14. The summed E-state index contributed by atoms with van der Waals surface area (Å²) in [5.41, 5.74) is 27.1. The van der Waals surface area contributed by atoms with Gasteiger partial charge in [-0.1, -0.05) is 327 Å². The summed E-state index contributed by atoms with van der Waals surface area (Å²) in [6.07, 6.45) is 1.81. The molecule has 0 atom stereocenters. The molecular weight excluding hydrogens is 1600 g/mol. The molecule has 0 amide bonds. The van der Waals surface area contributed by atoms with E-state index in [1.54, 1.807) is 0 Å². The Labute approximate surface area is 696 Å². The van der Waals surface area contributed by atoms with Crippen LogP contribution in [0.15, 0.2) is 455 Å². The van der Waals surface area contributed by atoms with Gasteiger partial charge in [-0.05, 0) is 246 Å². The third-order valence-corrected chi connectivity index (χ3v) is 21.5. The molecule has 20 aromatic rings. The Morgan fingerprint density at radius 2 is 0.534 bits per heavy atom. The molecule has 20 rings (SSSR count). The van der Waals surface area contributed by atoms with Gasteiger partial charge in [0.25, 0.3) is 0 Å². The molecule has 0 spiro atoms. The topological polar surface area (TPSA) is 43.2 Å². The molecule has 0 saturated carbocycles. The minimum atomic E-state index is 0. The number of hydrogen-bond acceptors (Lipinski definition) is 4. The Kier molecular flexibility index (Phi) is 23.0. The molecule has 116 heavy (non-hydrogen) atoms. The third-order valence-electron chi connectivity index (χ3n) is 21.5. The zero-order chi connectivity index (χ0) is 78.4. The SMILES string of the molecule is Cc1cccnc1-c1[c-]cccc1.[2H]N=P.[Ir].c1ccc(-c2cc3c4cc(-c5ccccc5)c(-c5ccccc5)cc4c4cc(-c5ccccc5)c(-c5ccccc5)cc4c3cc2-c2ccccc2)cc1.c1ccc(N(c2ccc(-c3ccc(N(c4ccccc4)c4cccc5ccccc45)cc3)cc2)c2cccc3ccccc23)cc1. The van der Waals surface area contributed by atoms with Crippen LogP contribution in [0, 0.1) is 18.1 Å². The number of fused-ring (bicyclic) bond motifs is 8. The zero-order valence-electron chi connectivity index (χ0n) is 64.9. The number of nitrogens with zero attached hydrogens (tertiary/aromatic N) is 3. The number of pyridine rings is 1. The van der Waals surface area contributed by atoms with Gasteiger partial charge in [0.05, 0.1) is 11.4 Å². The molecule has 0 bridgehead atoms. The van der Waals surface area contributed by atoms with Crippen LogP contribution in [0.5, 0.6) is 0 Å². The van der Waals surface area contributed by atoms with E-state index in [9.17, 15) is 0 Å². The largest absolute Gasteiger partial charge is 0.310 e. The van der Waals surface area contributed by atoms with Crippen molar-refractivity contribution in [3.63, 3.8) is 0 Å². The van der Waals surface area contributed by atoms with Crippen molar-refractivity contribution >= 4 is 97.0 Å². The van der Waals surface area contributed by atoms with Gasteiger partial charge in [0.15, 0.2) is 1.41 Å². The maximum Gasteiger partial charge on any atom is 0.192 e. The molecule has 0 aliphatic rings. The van der Waals surface area contributed by atoms with E-state index in [4.69, 9.17) is 1.41 Å². The van der Waals surface area contributed by atoms with E-state index >= 15 is 0 Å². The molecular formula is C110H80IrN4P-. The molecule has 0 aliphatic carbocycles. The van der Waals surface area contributed by atoms with Gasteiger partial charge in [-0.25, -0.2) is 0 Å². The normalized spacial score (nSPS) is 10.9. The number of aromatic nitrogens is 1. The molecule has 19 aromatic carbocycles. The van der Waals surface area contributed by atoms with Gasteiger partial charge in [-0.15, -0.1) is 35.9 Å². The second kappa shape index (κ2) is 35.8. The zero-order valence-corrected chi connectivity index (χ0v) is 67.3. The van der Waals surface area contributed by atoms with Crippen LogP contribution >= 0.6 is 9.03 Å². The van der Waals surface area contributed by atoms with Gasteiger partial charge in [-0.2, -0.15) is 0 Å². The number of hydrogen-bond donors (Lipinski definition) is 1. The molecule has 0 unspecified atom stereocenters. The monoisotopic (exact) mass is 1680 g/mol. The predicted octanol–water partition coefficient (Wildman–Crippen LogP) is 31.5. The number of nitrogens with one attached hydrogen (secondary N) is 1. The van der Waals surface area contributed by atoms with E-state index in [0.29, 0.717) is 0 Å². The molecule has 0 fully saturated rings. The number of benzene rings is 19. The van der Waals surface area contributed by atoms with Gasteiger partial charge >= 0.3 is 0 Å². The summed E-state index contributed by atoms with van der Waals surface area (Å²) in [5, 5.41) is 15.0. The molecule has 1 aromatic heterocycles. The molecule has 0 saturated heterocycles. The Morgan fingerprint density at radius 3 is 0.828 bits per heavy atom. The first-order valence-corrected chi connectivity index (χ1v) is 39.3. The van der Waals surface area contributed by atoms with Crippen LogP contribution in [0.1, 0.15) is 5.56 Å². The molecule has 1 heterocycles. The van der Waals surface area contributed by atoms with Crippen LogP contribution in [-0.2, 0) is 20.1 Å². The van der Waals surface area contributed by atoms with Crippen molar-refractivity contribution in [2.24, 2.45) is 0 Å². The molecule has 0 aliphatic heterocycles. The van der Waals surface area contributed by atoms with Crippen molar-refractivity contribution in [2.75, 3.05) is 9.80 Å². The molecule has 555 valence electrons. The predicted molar refractivity (Wildman–Crippen MR) is 492 cm³/mol. The summed E-state index contributed by atoms with van der Waals surface area (Å²) in [7, 11) is 2.48. The summed E-state index contributed by atoms with van der Waals surface area (Å²) in [5.74, 6) is 0. The average Bonchev–Trinajstić information content (AvgIpc) is 0.712. The Bertz CT molecular complexity index is 6020. The van der Waals surface area contributed by atoms with E-state index in [1.807, 2.05) is 36.5 Å². The van der Waals surface area contributed by atoms with Crippen LogP contribution in [0.4, 0.5) is 34.1 Å². The van der Waals surface area contributed by atoms with Crippen molar-refractivity contribution in [2.45, 2.75) is 6.92 Å². The van der Waals surface area contributed by atoms with E-state index < -0.39 is 0 Å². The van der Waals surface area contributed by atoms with Crippen LogP contribution in [0.3, 0.4) is 0 Å². The van der Waals surface area contributed by atoms with Gasteiger partial charge in [-0.3, -0.25) is 5.15 Å². The van der Waals surface area contributed by atoms with Crippen LogP contribution in [0.25, 0.3) is 143 Å². The first-order chi connectivity index (χ1) is 57.4. The minimum Gasteiger partial charge on any atom is -0.310 e. The fourth-order valence-corrected chi connectivity index (χ4v) is 16.0. The first kappa shape index (κ1) is 74.7. The quantitative estimate of drug-likeness (QED) is 0.0670. The van der Waals surface area contributed by atoms with Gasteiger partial charge in [0, 0.05) is 59.8 Å². The molecule has 4 nitrogen and oxygen atoms in total. The van der Waals surface area contributed by atoms with Crippen LogP contribution in [0.2, 0.25) is 1.41 Å². The van der Waals surface area contributed by atoms with E-state index in [-0.39, 0.29) is 20.1 Å². The van der Waals surface area contributed by atoms with Crippen molar-refractivity contribution in [3.8, 4) is 89.1 Å². The van der Waals surface area contributed by atoms with E-state index in [0.717, 1.165) is 45.4 Å². The summed E-state index contributed by atoms with van der Waals surface area (Å²) in [4.78, 5) is 9.01. The van der Waals surface area contributed by atoms with Crippen molar-refractivity contribution in [1.29, 1.82) is 5.15 Å². The maximum atomic E-state index is 5.75. The van der Waals surface area contributed by atoms with E-state index in [1.165, 1.54) is 137 Å². The Balaban J connectivity index is 0.000000147.